The van der Waals surface area contributed by atoms with Crippen molar-refractivity contribution in [3.05, 3.63) is 99.1 Å². The fraction of sp³-hybridized carbons (Fsp3) is 0.0833. The number of carbonyl (C=O) groups is 1. The molecule has 0 heterocycles. The summed E-state index contributed by atoms with van der Waals surface area (Å²) < 4.78 is 30.1. The third-order valence-electron chi connectivity index (χ3n) is 4.74. The highest BCUT2D eigenvalue weighted by Gasteiger charge is 2.21. The van der Waals surface area contributed by atoms with Crippen LogP contribution in [0.4, 0.5) is 11.4 Å². The van der Waals surface area contributed by atoms with Gasteiger partial charge in [0, 0.05) is 17.3 Å². The Morgan fingerprint density at radius 3 is 2.29 bits per heavy atom. The molecule has 3 aromatic rings. The summed E-state index contributed by atoms with van der Waals surface area (Å²) in [7, 11) is -4.31. The minimum atomic E-state index is -4.31. The van der Waals surface area contributed by atoms with Crippen LogP contribution in [0, 0.1) is 35.3 Å². The van der Waals surface area contributed by atoms with Gasteiger partial charge in [0.15, 0.2) is 0 Å². The molecule has 1 amide bonds. The molecular formula is C24H19N3O6S. The second kappa shape index (κ2) is 9.97. The molecule has 1 N–H and O–H groups in total. The molecule has 3 rings (SSSR count). The first-order chi connectivity index (χ1) is 16.1. The maximum Gasteiger partial charge on any atom is 0.339 e. The molecule has 0 bridgehead atoms. The second-order valence-electron chi connectivity index (χ2n) is 7.30. The van der Waals surface area contributed by atoms with Crippen LogP contribution in [-0.2, 0) is 14.9 Å². The Morgan fingerprint density at radius 1 is 1.06 bits per heavy atom. The number of carbonyl (C=O) groups excluding carboxylic acids is 1. The number of nitro groups is 1. The van der Waals surface area contributed by atoms with E-state index in [0.717, 1.165) is 11.6 Å². The van der Waals surface area contributed by atoms with Crippen LogP contribution in [0.1, 0.15) is 16.7 Å². The molecule has 0 saturated carbocycles. The van der Waals surface area contributed by atoms with Gasteiger partial charge in [0.05, 0.1) is 4.92 Å². The van der Waals surface area contributed by atoms with Crippen molar-refractivity contribution >= 4 is 33.5 Å². The number of hydrogen-bond donors (Lipinski definition) is 1. The lowest BCUT2D eigenvalue weighted by Crippen LogP contribution is -2.13. The van der Waals surface area contributed by atoms with E-state index < -0.39 is 20.9 Å². The number of nitrogens with one attached hydrogen (secondary N) is 1. The first-order valence-corrected chi connectivity index (χ1v) is 11.3. The first-order valence-electron chi connectivity index (χ1n) is 9.88. The van der Waals surface area contributed by atoms with Gasteiger partial charge in [-0.2, -0.15) is 13.7 Å². The van der Waals surface area contributed by atoms with Crippen molar-refractivity contribution in [1.29, 1.82) is 5.26 Å². The number of nitro benzene ring substituents is 1. The minimum Gasteiger partial charge on any atom is -0.379 e. The second-order valence-corrected chi connectivity index (χ2v) is 8.85. The van der Waals surface area contributed by atoms with Gasteiger partial charge in [-0.1, -0.05) is 35.9 Å². The van der Waals surface area contributed by atoms with Gasteiger partial charge in [0.1, 0.15) is 22.3 Å². The number of aryl methyl sites for hydroxylation is 2. The summed E-state index contributed by atoms with van der Waals surface area (Å²) in [6.45, 7) is 3.41. The van der Waals surface area contributed by atoms with E-state index in [1.165, 1.54) is 49.4 Å². The van der Waals surface area contributed by atoms with E-state index >= 15 is 0 Å². The minimum absolute atomic E-state index is 0.0389. The fourth-order valence-corrected chi connectivity index (χ4v) is 3.84. The Labute approximate surface area is 196 Å². The van der Waals surface area contributed by atoms with Crippen molar-refractivity contribution in [2.45, 2.75) is 18.7 Å². The van der Waals surface area contributed by atoms with Gasteiger partial charge < -0.3 is 9.50 Å². The van der Waals surface area contributed by atoms with Gasteiger partial charge >= 0.3 is 10.1 Å². The molecule has 0 atom stereocenters. The average Bonchev–Trinajstić information content (AvgIpc) is 2.79. The monoisotopic (exact) mass is 477 g/mol. The molecule has 10 heteroatoms. The molecule has 0 aliphatic rings. The van der Waals surface area contributed by atoms with E-state index in [-0.39, 0.29) is 21.9 Å². The Hall–Kier alpha value is -4.49. The number of nitrogens with zero attached hydrogens (tertiary/aromatic N) is 2. The Morgan fingerprint density at radius 2 is 1.71 bits per heavy atom. The van der Waals surface area contributed by atoms with Crippen molar-refractivity contribution in [2.75, 3.05) is 5.32 Å². The summed E-state index contributed by atoms with van der Waals surface area (Å²) in [4.78, 5) is 22.5. The Bertz CT molecular complexity index is 1420. The van der Waals surface area contributed by atoms with E-state index in [9.17, 15) is 28.6 Å². The van der Waals surface area contributed by atoms with Crippen molar-refractivity contribution in [3.8, 4) is 11.8 Å². The zero-order valence-corrected chi connectivity index (χ0v) is 19.0. The zero-order chi connectivity index (χ0) is 24.9. The van der Waals surface area contributed by atoms with Crippen molar-refractivity contribution in [1.82, 2.24) is 0 Å². The average molecular weight is 477 g/mol. The number of anilines is 1. The number of nitriles is 1. The normalized spacial score (nSPS) is 11.4. The van der Waals surface area contributed by atoms with E-state index in [0.29, 0.717) is 16.8 Å². The first kappa shape index (κ1) is 24.2. The van der Waals surface area contributed by atoms with Crippen LogP contribution in [0.5, 0.6) is 5.75 Å². The molecule has 3 aromatic carbocycles. The predicted molar refractivity (Wildman–Crippen MR) is 125 cm³/mol. The zero-order valence-electron chi connectivity index (χ0n) is 18.2. The van der Waals surface area contributed by atoms with E-state index in [2.05, 4.69) is 5.32 Å². The standard InChI is InChI=1S/C24H19N3O6S/c1-16-3-8-20(9-4-16)26-24(28)19(15-25)13-18-6-10-21(11-7-18)33-34(31,32)22-12-5-17(2)23(14-22)27(29)30/h3-14H,1-2H3,(H,26,28)/b19-13+. The van der Waals surface area contributed by atoms with Gasteiger partial charge in [-0.05, 0) is 55.8 Å². The fourth-order valence-electron chi connectivity index (χ4n) is 2.89. The van der Waals surface area contributed by atoms with Crippen LogP contribution < -0.4 is 9.50 Å². The van der Waals surface area contributed by atoms with Crippen molar-refractivity contribution in [3.63, 3.8) is 0 Å². The number of amides is 1. The predicted octanol–water partition coefficient (Wildman–Crippen LogP) is 4.53. The number of rotatable bonds is 7. The van der Waals surface area contributed by atoms with Gasteiger partial charge in [0.25, 0.3) is 11.6 Å². The third-order valence-corrected chi connectivity index (χ3v) is 5.98. The Balaban J connectivity index is 1.76. The summed E-state index contributed by atoms with van der Waals surface area (Å²) >= 11 is 0. The van der Waals surface area contributed by atoms with E-state index in [4.69, 9.17) is 4.18 Å². The highest BCUT2D eigenvalue weighted by atomic mass is 32.2. The molecule has 9 nitrogen and oxygen atoms in total. The molecular weight excluding hydrogens is 458 g/mol. The SMILES string of the molecule is Cc1ccc(NC(=O)/C(C#N)=C/c2ccc(OS(=O)(=O)c3ccc(C)c([N+](=O)[O-])c3)cc2)cc1. The summed E-state index contributed by atoms with van der Waals surface area (Å²) in [5.41, 5.74) is 1.87. The Kier molecular flexibility index (Phi) is 7.09. The molecule has 0 radical (unpaired) electrons. The molecule has 0 aliphatic heterocycles. The van der Waals surface area contributed by atoms with Gasteiger partial charge in [-0.25, -0.2) is 0 Å². The third kappa shape index (κ3) is 5.85. The lowest BCUT2D eigenvalue weighted by atomic mass is 10.1. The van der Waals surface area contributed by atoms with Crippen LogP contribution in [0.25, 0.3) is 6.08 Å². The molecule has 172 valence electrons. The molecule has 34 heavy (non-hydrogen) atoms. The topological polar surface area (TPSA) is 139 Å². The molecule has 0 spiro atoms. The summed E-state index contributed by atoms with van der Waals surface area (Å²) in [6.07, 6.45) is 1.35. The van der Waals surface area contributed by atoms with Crippen molar-refractivity contribution < 1.29 is 22.3 Å². The molecule has 0 fully saturated rings. The van der Waals surface area contributed by atoms with Crippen LogP contribution >= 0.6 is 0 Å². The van der Waals surface area contributed by atoms with Crippen LogP contribution in [0.15, 0.2) is 77.2 Å². The van der Waals surface area contributed by atoms with Gasteiger partial charge in [-0.15, -0.1) is 0 Å². The number of hydrogen-bond acceptors (Lipinski definition) is 7. The number of benzene rings is 3. The summed E-state index contributed by atoms with van der Waals surface area (Å²) in [5, 5.41) is 23.1. The smallest absolute Gasteiger partial charge is 0.339 e. The maximum atomic E-state index is 12.5. The van der Waals surface area contributed by atoms with Gasteiger partial charge in [-0.3, -0.25) is 14.9 Å². The lowest BCUT2D eigenvalue weighted by molar-refractivity contribution is -0.385. The highest BCUT2D eigenvalue weighted by molar-refractivity contribution is 7.87. The van der Waals surface area contributed by atoms with Crippen molar-refractivity contribution in [2.24, 2.45) is 0 Å². The van der Waals surface area contributed by atoms with Crippen LogP contribution in [-0.4, -0.2) is 19.2 Å². The van der Waals surface area contributed by atoms with E-state index in [1.807, 2.05) is 25.1 Å². The van der Waals surface area contributed by atoms with Crippen LogP contribution in [0.3, 0.4) is 0 Å². The molecule has 0 aromatic heterocycles. The molecule has 0 unspecified atom stereocenters. The van der Waals surface area contributed by atoms with Crippen LogP contribution in [0.2, 0.25) is 0 Å². The molecule has 0 saturated heterocycles. The lowest BCUT2D eigenvalue weighted by Gasteiger charge is -2.08. The maximum absolute atomic E-state index is 12.5. The highest BCUT2D eigenvalue weighted by Crippen LogP contribution is 2.25. The molecule has 0 aliphatic carbocycles. The van der Waals surface area contributed by atoms with Gasteiger partial charge in [0.2, 0.25) is 0 Å². The largest absolute Gasteiger partial charge is 0.379 e. The summed E-state index contributed by atoms with van der Waals surface area (Å²) in [5.74, 6) is -0.627. The van der Waals surface area contributed by atoms with E-state index in [1.54, 1.807) is 12.1 Å². The summed E-state index contributed by atoms with van der Waals surface area (Å²) in [6, 6.07) is 18.1. The quantitative estimate of drug-likeness (QED) is 0.173.